The highest BCUT2D eigenvalue weighted by Gasteiger charge is 2.34. The van der Waals surface area contributed by atoms with E-state index in [0.29, 0.717) is 0 Å². The van der Waals surface area contributed by atoms with Crippen LogP contribution in [0.4, 0.5) is 23.2 Å². The third-order valence-electron chi connectivity index (χ3n) is 1.15. The fourth-order valence-electron chi connectivity index (χ4n) is 0.639. The van der Waals surface area contributed by atoms with Gasteiger partial charge in [0.05, 0.1) is 18.1 Å². The Hall–Kier alpha value is -1.17. The summed E-state index contributed by atoms with van der Waals surface area (Å²) in [5.41, 5.74) is -0.285. The minimum absolute atomic E-state index is 0.285. The van der Waals surface area contributed by atoms with Crippen molar-refractivity contribution in [1.29, 1.82) is 0 Å². The Labute approximate surface area is 81.2 Å². The van der Waals surface area contributed by atoms with E-state index in [2.05, 4.69) is 9.98 Å². The van der Waals surface area contributed by atoms with Gasteiger partial charge in [0.25, 0.3) is 0 Å². The molecule has 1 heterocycles. The number of aliphatic imine (C=N–C) groups is 1. The minimum Gasteiger partial charge on any atom is -0.259 e. The molecule has 7 heteroatoms. The van der Waals surface area contributed by atoms with Crippen LogP contribution in [0.15, 0.2) is 23.5 Å². The van der Waals surface area contributed by atoms with E-state index >= 15 is 0 Å². The highest BCUT2D eigenvalue weighted by Crippen LogP contribution is 2.23. The van der Waals surface area contributed by atoms with Crippen molar-refractivity contribution in [2.75, 3.05) is 0 Å². The predicted octanol–water partition coefficient (Wildman–Crippen LogP) is 3.05. The summed E-state index contributed by atoms with van der Waals surface area (Å²) in [5.74, 6) is -0.780. The van der Waals surface area contributed by atoms with Gasteiger partial charge in [-0.05, 0) is 0 Å². The maximum Gasteiger partial charge on any atom is 0.444 e. The van der Waals surface area contributed by atoms with Crippen molar-refractivity contribution in [1.82, 2.24) is 4.98 Å². The van der Waals surface area contributed by atoms with Crippen LogP contribution >= 0.6 is 11.6 Å². The molecule has 0 aliphatic rings. The molecule has 0 radical (unpaired) electrons. The molecule has 1 aromatic heterocycles. The van der Waals surface area contributed by atoms with Crippen molar-refractivity contribution >= 4 is 22.5 Å². The standard InChI is InChI=1S/C7H3ClF4N2/c8-6(7(10,11)12)14-5-1-4(9)2-13-3-5/h1-3H. The highest BCUT2D eigenvalue weighted by atomic mass is 35.5. The van der Waals surface area contributed by atoms with Crippen LogP contribution in [0.5, 0.6) is 0 Å². The summed E-state index contributed by atoms with van der Waals surface area (Å²) in [6.07, 6.45) is -2.91. The summed E-state index contributed by atoms with van der Waals surface area (Å²) >= 11 is 4.82. The zero-order chi connectivity index (χ0) is 10.8. The van der Waals surface area contributed by atoms with Gasteiger partial charge in [0.15, 0.2) is 0 Å². The van der Waals surface area contributed by atoms with Gasteiger partial charge in [0.1, 0.15) is 5.82 Å². The molecule has 0 unspecified atom stereocenters. The van der Waals surface area contributed by atoms with Crippen LogP contribution < -0.4 is 0 Å². The first kappa shape index (κ1) is 10.9. The van der Waals surface area contributed by atoms with Crippen molar-refractivity contribution in [3.05, 3.63) is 24.3 Å². The van der Waals surface area contributed by atoms with Crippen molar-refractivity contribution in [2.24, 2.45) is 4.99 Å². The Kier molecular flexibility index (Phi) is 3.05. The fourth-order valence-corrected chi connectivity index (χ4v) is 0.736. The Bertz CT molecular complexity index is 361. The van der Waals surface area contributed by atoms with Crippen molar-refractivity contribution in [3.8, 4) is 0 Å². The number of pyridine rings is 1. The Morgan fingerprint density at radius 2 is 2.00 bits per heavy atom. The first-order valence-corrected chi connectivity index (χ1v) is 3.69. The lowest BCUT2D eigenvalue weighted by Crippen LogP contribution is -2.16. The maximum atomic E-state index is 12.5. The molecule has 0 fully saturated rings. The van der Waals surface area contributed by atoms with Gasteiger partial charge in [-0.25, -0.2) is 9.38 Å². The predicted molar refractivity (Wildman–Crippen MR) is 43.2 cm³/mol. The third kappa shape index (κ3) is 2.95. The van der Waals surface area contributed by atoms with E-state index < -0.39 is 17.2 Å². The molecular weight excluding hydrogens is 224 g/mol. The molecule has 0 atom stereocenters. The largest absolute Gasteiger partial charge is 0.444 e. The van der Waals surface area contributed by atoms with Gasteiger partial charge >= 0.3 is 6.18 Å². The van der Waals surface area contributed by atoms with E-state index in [1.54, 1.807) is 0 Å². The molecule has 2 nitrogen and oxygen atoms in total. The van der Waals surface area contributed by atoms with Crippen LogP contribution in [0.25, 0.3) is 0 Å². The van der Waals surface area contributed by atoms with E-state index in [4.69, 9.17) is 11.6 Å². The minimum atomic E-state index is -4.73. The fraction of sp³-hybridized carbons (Fsp3) is 0.143. The number of halogens is 5. The molecule has 0 aliphatic carbocycles. The van der Waals surface area contributed by atoms with E-state index in [9.17, 15) is 17.6 Å². The summed E-state index contributed by atoms with van der Waals surface area (Å²) in [6, 6.07) is 0.793. The number of nitrogens with zero attached hydrogens (tertiary/aromatic N) is 2. The number of alkyl halides is 3. The summed E-state index contributed by atoms with van der Waals surface area (Å²) in [6.45, 7) is 0. The molecule has 0 saturated carbocycles. The van der Waals surface area contributed by atoms with Gasteiger partial charge in [-0.2, -0.15) is 13.2 Å². The van der Waals surface area contributed by atoms with Crippen LogP contribution in [0.1, 0.15) is 0 Å². The molecule has 1 aromatic rings. The zero-order valence-corrected chi connectivity index (χ0v) is 7.27. The smallest absolute Gasteiger partial charge is 0.259 e. The van der Waals surface area contributed by atoms with Crippen LogP contribution in [0.3, 0.4) is 0 Å². The molecule has 1 rings (SSSR count). The number of hydrogen-bond acceptors (Lipinski definition) is 2. The van der Waals surface area contributed by atoms with Gasteiger partial charge < -0.3 is 0 Å². The Morgan fingerprint density at radius 1 is 1.36 bits per heavy atom. The van der Waals surface area contributed by atoms with Crippen LogP contribution in [-0.2, 0) is 0 Å². The van der Waals surface area contributed by atoms with Gasteiger partial charge in [0, 0.05) is 6.07 Å². The van der Waals surface area contributed by atoms with Crippen LogP contribution in [0, 0.1) is 5.82 Å². The van der Waals surface area contributed by atoms with Crippen LogP contribution in [0.2, 0.25) is 0 Å². The summed E-state index contributed by atoms with van der Waals surface area (Å²) in [5, 5.41) is -1.56. The van der Waals surface area contributed by atoms with E-state index in [0.717, 1.165) is 18.5 Å². The number of hydrogen-bond donors (Lipinski definition) is 0. The SMILES string of the molecule is Fc1cncc(N=C(Cl)C(F)(F)F)c1. The third-order valence-corrected chi connectivity index (χ3v) is 1.45. The Morgan fingerprint density at radius 3 is 2.50 bits per heavy atom. The monoisotopic (exact) mass is 226 g/mol. The van der Waals surface area contributed by atoms with Gasteiger partial charge in [-0.1, -0.05) is 11.6 Å². The van der Waals surface area contributed by atoms with Crippen molar-refractivity contribution in [2.45, 2.75) is 6.18 Å². The average molecular weight is 227 g/mol. The molecular formula is C7H3ClF4N2. The zero-order valence-electron chi connectivity index (χ0n) is 6.52. The first-order chi connectivity index (χ1) is 6.39. The molecule has 0 N–H and O–H groups in total. The lowest BCUT2D eigenvalue weighted by Gasteiger charge is -2.02. The lowest BCUT2D eigenvalue weighted by atomic mass is 10.4. The summed E-state index contributed by atoms with van der Waals surface area (Å²) in [4.78, 5) is 6.26. The lowest BCUT2D eigenvalue weighted by molar-refractivity contribution is -0.0558. The topological polar surface area (TPSA) is 25.2 Å². The quantitative estimate of drug-likeness (QED) is 0.534. The number of rotatable bonds is 1. The van der Waals surface area contributed by atoms with Crippen LogP contribution in [-0.4, -0.2) is 16.3 Å². The molecule has 0 spiro atoms. The van der Waals surface area contributed by atoms with Crippen molar-refractivity contribution < 1.29 is 17.6 Å². The van der Waals surface area contributed by atoms with Gasteiger partial charge in [-0.3, -0.25) is 4.98 Å². The van der Waals surface area contributed by atoms with E-state index in [1.807, 2.05) is 0 Å². The second-order valence-corrected chi connectivity index (χ2v) is 2.62. The van der Waals surface area contributed by atoms with Gasteiger partial charge in [0.2, 0.25) is 5.17 Å². The highest BCUT2D eigenvalue weighted by molar-refractivity contribution is 6.67. The second kappa shape index (κ2) is 3.91. The Balaban J connectivity index is 2.98. The average Bonchev–Trinajstić information content (AvgIpc) is 2.02. The summed E-state index contributed by atoms with van der Waals surface area (Å²) < 4.78 is 48.0. The normalized spacial score (nSPS) is 13.1. The van der Waals surface area contributed by atoms with E-state index in [-0.39, 0.29) is 5.69 Å². The molecule has 0 aromatic carbocycles. The molecule has 0 bridgehead atoms. The first-order valence-electron chi connectivity index (χ1n) is 3.31. The molecule has 0 saturated heterocycles. The number of aromatic nitrogens is 1. The van der Waals surface area contributed by atoms with Crippen molar-refractivity contribution in [3.63, 3.8) is 0 Å². The molecule has 0 aliphatic heterocycles. The maximum absolute atomic E-state index is 12.5. The molecule has 14 heavy (non-hydrogen) atoms. The molecule has 76 valence electrons. The summed E-state index contributed by atoms with van der Waals surface area (Å²) in [7, 11) is 0. The van der Waals surface area contributed by atoms with E-state index in [1.165, 1.54) is 0 Å². The molecule has 0 amide bonds. The van der Waals surface area contributed by atoms with Gasteiger partial charge in [-0.15, -0.1) is 0 Å². The second-order valence-electron chi connectivity index (χ2n) is 2.26.